The number of fused-ring (bicyclic) bond motifs is 1. The van der Waals surface area contributed by atoms with Gasteiger partial charge in [0, 0.05) is 41.7 Å². The molecule has 3 fully saturated rings. The highest BCUT2D eigenvalue weighted by Gasteiger charge is 2.60. The normalized spacial score (nSPS) is 38.0. The maximum atomic E-state index is 14.6. The molecule has 4 heterocycles. The first-order valence-electron chi connectivity index (χ1n) is 20.9. The number of cyclic esters (lactones) is 1. The molecule has 14 heteroatoms. The number of Topliss-reactive ketones (excluding diaryl/α,β-unsaturated/α-hetero) is 1. The van der Waals surface area contributed by atoms with E-state index in [0.717, 1.165) is 22.7 Å². The van der Waals surface area contributed by atoms with E-state index in [1.807, 2.05) is 71.0 Å². The zero-order valence-electron chi connectivity index (χ0n) is 35.7. The molecule has 0 spiro atoms. The third kappa shape index (κ3) is 9.88. The number of nitrogens with zero attached hydrogens (tertiary/aromatic N) is 3. The van der Waals surface area contributed by atoms with Crippen molar-refractivity contribution in [3.8, 4) is 0 Å². The fourth-order valence-corrected chi connectivity index (χ4v) is 10.0. The van der Waals surface area contributed by atoms with Gasteiger partial charge in [0.15, 0.2) is 17.7 Å². The Bertz CT molecular complexity index is 1600. The number of ether oxygens (including phenoxy) is 5. The summed E-state index contributed by atoms with van der Waals surface area (Å²) < 4.78 is 32.5. The molecule has 13 atom stereocenters. The Kier molecular flexibility index (Phi) is 15.3. The molecule has 4 aliphatic heterocycles. The number of carbonyl (C=O) groups is 3. The first kappa shape index (κ1) is 45.4. The number of esters is 1. The Hall–Kier alpha value is -2.65. The molecule has 2 N–H and O–H groups in total. The number of amides is 1. The lowest BCUT2D eigenvalue weighted by Gasteiger charge is -2.47. The number of hydrogen-bond donors (Lipinski definition) is 2. The van der Waals surface area contributed by atoms with Crippen LogP contribution in [0.15, 0.2) is 29.3 Å². The molecule has 2 bridgehead atoms. The minimum Gasteiger partial charge on any atom is -0.457 e. The maximum Gasteiger partial charge on any atom is 0.410 e. The van der Waals surface area contributed by atoms with Crippen molar-refractivity contribution < 1.29 is 43.2 Å². The van der Waals surface area contributed by atoms with Crippen LogP contribution in [0, 0.1) is 23.7 Å². The first-order chi connectivity index (χ1) is 26.9. The van der Waals surface area contributed by atoms with E-state index in [-0.39, 0.29) is 30.6 Å². The van der Waals surface area contributed by atoms with Gasteiger partial charge in [-0.1, -0.05) is 63.9 Å². The van der Waals surface area contributed by atoms with E-state index in [1.165, 1.54) is 0 Å². The SMILES string of the molecule is CCC[C@H]1OC(=O)[C@H](C)C(=O)[C@H](C)[C@@H](O[C@H]2O[C@@H](C)C[C@@H](N(C)C)C2O)[C@@](C)(OCCNCCc2ccccc2Cl)C[C@@H](C)C2=NCCN3C(=O)O[C@@]1(C)[C@H]3[C@H]2C. The molecular formula is C43H67ClN4O9. The van der Waals surface area contributed by atoms with E-state index >= 15 is 0 Å². The number of halogens is 1. The van der Waals surface area contributed by atoms with E-state index in [4.69, 9.17) is 40.3 Å². The van der Waals surface area contributed by atoms with E-state index < -0.39 is 71.5 Å². The van der Waals surface area contributed by atoms with Crippen LogP contribution in [0.4, 0.5) is 4.79 Å². The van der Waals surface area contributed by atoms with Gasteiger partial charge in [0.2, 0.25) is 0 Å². The monoisotopic (exact) mass is 818 g/mol. The third-order valence-corrected chi connectivity index (χ3v) is 13.2. The van der Waals surface area contributed by atoms with Crippen molar-refractivity contribution in [1.29, 1.82) is 0 Å². The van der Waals surface area contributed by atoms with Crippen LogP contribution in [0.25, 0.3) is 0 Å². The van der Waals surface area contributed by atoms with Crippen molar-refractivity contribution in [3.05, 3.63) is 34.9 Å². The highest BCUT2D eigenvalue weighted by molar-refractivity contribution is 6.31. The highest BCUT2D eigenvalue weighted by Crippen LogP contribution is 2.44. The van der Waals surface area contributed by atoms with Gasteiger partial charge < -0.3 is 39.0 Å². The third-order valence-electron chi connectivity index (χ3n) is 12.8. The Morgan fingerprint density at radius 1 is 1.07 bits per heavy atom. The van der Waals surface area contributed by atoms with Crippen molar-refractivity contribution in [2.24, 2.45) is 28.7 Å². The number of hydrogen-bond acceptors (Lipinski definition) is 12. The van der Waals surface area contributed by atoms with Crippen molar-refractivity contribution in [1.82, 2.24) is 15.1 Å². The molecule has 1 aromatic carbocycles. The van der Waals surface area contributed by atoms with E-state index in [9.17, 15) is 19.5 Å². The number of aliphatic imine (C=N–C) groups is 1. The number of aliphatic hydroxyl groups is 1. The second-order valence-electron chi connectivity index (χ2n) is 17.4. The largest absolute Gasteiger partial charge is 0.457 e. The van der Waals surface area contributed by atoms with Gasteiger partial charge in [-0.25, -0.2) is 4.79 Å². The first-order valence-corrected chi connectivity index (χ1v) is 21.3. The Morgan fingerprint density at radius 2 is 1.79 bits per heavy atom. The van der Waals surface area contributed by atoms with E-state index in [1.54, 1.807) is 18.7 Å². The van der Waals surface area contributed by atoms with Crippen LogP contribution in [-0.2, 0) is 39.7 Å². The Balaban J connectivity index is 1.53. The number of benzene rings is 1. The number of rotatable bonds is 12. The van der Waals surface area contributed by atoms with Crippen LogP contribution in [0.1, 0.15) is 86.6 Å². The Labute approximate surface area is 344 Å². The molecule has 3 saturated heterocycles. The van der Waals surface area contributed by atoms with Gasteiger partial charge in [-0.3, -0.25) is 19.5 Å². The summed E-state index contributed by atoms with van der Waals surface area (Å²) in [4.78, 5) is 51.0. The molecule has 0 saturated carbocycles. The lowest BCUT2D eigenvalue weighted by atomic mass is 9.73. The van der Waals surface area contributed by atoms with E-state index in [0.29, 0.717) is 51.9 Å². The van der Waals surface area contributed by atoms with Gasteiger partial charge in [0.25, 0.3) is 0 Å². The van der Waals surface area contributed by atoms with Crippen LogP contribution in [-0.4, -0.2) is 139 Å². The summed E-state index contributed by atoms with van der Waals surface area (Å²) in [5.41, 5.74) is -0.401. The summed E-state index contributed by atoms with van der Waals surface area (Å²) in [6.07, 6.45) is -1.73. The van der Waals surface area contributed by atoms with Gasteiger partial charge in [0.1, 0.15) is 18.1 Å². The van der Waals surface area contributed by atoms with Crippen LogP contribution in [0.2, 0.25) is 5.02 Å². The molecule has 0 aliphatic carbocycles. The van der Waals surface area contributed by atoms with Crippen LogP contribution in [0.3, 0.4) is 0 Å². The van der Waals surface area contributed by atoms with Gasteiger partial charge >= 0.3 is 12.1 Å². The Morgan fingerprint density at radius 3 is 2.47 bits per heavy atom. The van der Waals surface area contributed by atoms with Crippen LogP contribution < -0.4 is 5.32 Å². The lowest BCUT2D eigenvalue weighted by Crippen LogP contribution is -2.60. The fraction of sp³-hybridized carbons (Fsp3) is 0.767. The summed E-state index contributed by atoms with van der Waals surface area (Å²) in [6, 6.07) is 7.04. The van der Waals surface area contributed by atoms with E-state index in [2.05, 4.69) is 19.2 Å². The van der Waals surface area contributed by atoms with Crippen molar-refractivity contribution in [2.75, 3.05) is 46.9 Å². The summed E-state index contributed by atoms with van der Waals surface area (Å²) in [7, 11) is 3.82. The van der Waals surface area contributed by atoms with Crippen molar-refractivity contribution >= 4 is 35.2 Å². The van der Waals surface area contributed by atoms with Gasteiger partial charge in [-0.2, -0.15) is 0 Å². The molecule has 1 unspecified atom stereocenters. The minimum absolute atomic E-state index is 0.204. The average Bonchev–Trinajstić information content (AvgIpc) is 3.28. The average molecular weight is 819 g/mol. The van der Waals surface area contributed by atoms with Gasteiger partial charge in [0.05, 0.1) is 37.0 Å². The molecule has 57 heavy (non-hydrogen) atoms. The summed E-state index contributed by atoms with van der Waals surface area (Å²) >= 11 is 6.40. The zero-order valence-corrected chi connectivity index (χ0v) is 36.4. The lowest BCUT2D eigenvalue weighted by molar-refractivity contribution is -0.297. The summed E-state index contributed by atoms with van der Waals surface area (Å²) in [6.45, 7) is 17.4. The number of likely N-dealkylation sites (N-methyl/N-ethyl adjacent to an activating group) is 1. The van der Waals surface area contributed by atoms with Crippen LogP contribution >= 0.6 is 11.6 Å². The number of ketones is 1. The van der Waals surface area contributed by atoms with Crippen molar-refractivity contribution in [3.63, 3.8) is 0 Å². The molecule has 4 aliphatic rings. The molecule has 1 amide bonds. The fourth-order valence-electron chi connectivity index (χ4n) is 9.77. The van der Waals surface area contributed by atoms with Crippen LogP contribution in [0.5, 0.6) is 0 Å². The van der Waals surface area contributed by atoms with Gasteiger partial charge in [-0.15, -0.1) is 0 Å². The van der Waals surface area contributed by atoms with Crippen molar-refractivity contribution in [2.45, 2.75) is 141 Å². The quantitative estimate of drug-likeness (QED) is 0.160. The van der Waals surface area contributed by atoms with Gasteiger partial charge in [-0.05, 0) is 91.6 Å². The highest BCUT2D eigenvalue weighted by atomic mass is 35.5. The second-order valence-corrected chi connectivity index (χ2v) is 17.8. The smallest absolute Gasteiger partial charge is 0.410 e. The molecule has 1 aromatic rings. The summed E-state index contributed by atoms with van der Waals surface area (Å²) in [5.74, 6) is -3.62. The molecule has 5 rings (SSSR count). The molecule has 0 aromatic heterocycles. The second kappa shape index (κ2) is 19.2. The maximum absolute atomic E-state index is 14.6. The summed E-state index contributed by atoms with van der Waals surface area (Å²) in [5, 5.41) is 15.9. The number of carbonyl (C=O) groups excluding carboxylic acids is 3. The molecule has 13 nitrogen and oxygen atoms in total. The predicted octanol–water partition coefficient (Wildman–Crippen LogP) is 5.32. The minimum atomic E-state index is -1.18. The zero-order chi connectivity index (χ0) is 41.8. The number of aliphatic hydroxyl groups excluding tert-OH is 1. The predicted molar refractivity (Wildman–Crippen MR) is 218 cm³/mol. The molecular weight excluding hydrogens is 752 g/mol. The standard InChI is InChI=1S/C43H67ClN4O9/c1-11-14-33-43(8)37-27(4)34(46-19-21-48(37)41(52)57-43)25(2)24-42(7,53-22-20-45-18-17-30-15-12-13-16-31(30)44)38(28(5)35(49)29(6)39(51)55-33)56-40-36(50)32(47(9)10)23-26(3)54-40/h12-13,15-16,25-29,32-33,36-38,40,45,50H,11,14,17-24H2,1-10H3/t25-,26+,27+,28+,29-,32-,33-,36?,37-,38-,40-,42+,43-/m1/s1. The number of nitrogens with one attached hydrogen (secondary N) is 1. The topological polar surface area (TPSA) is 148 Å². The molecule has 320 valence electrons. The molecule has 0 radical (unpaired) electrons.